The Kier molecular flexibility index (Phi) is 7.03. The van der Waals surface area contributed by atoms with Gasteiger partial charge in [-0.3, -0.25) is 14.3 Å². The highest BCUT2D eigenvalue weighted by atomic mass is 32.2. The summed E-state index contributed by atoms with van der Waals surface area (Å²) in [5.41, 5.74) is 0.487. The summed E-state index contributed by atoms with van der Waals surface area (Å²) in [6, 6.07) is 8.49. The lowest BCUT2D eigenvalue weighted by atomic mass is 10.2. The number of thiazole rings is 1. The summed E-state index contributed by atoms with van der Waals surface area (Å²) in [6.45, 7) is 2.06. The van der Waals surface area contributed by atoms with Gasteiger partial charge in [-0.25, -0.2) is 4.98 Å². The highest BCUT2D eigenvalue weighted by Gasteiger charge is 2.31. The van der Waals surface area contributed by atoms with Crippen LogP contribution in [0.25, 0.3) is 17.1 Å². The Balaban J connectivity index is 1.42. The molecule has 0 N–H and O–H groups in total. The third-order valence-corrected chi connectivity index (χ3v) is 7.35. The van der Waals surface area contributed by atoms with Gasteiger partial charge in [0.1, 0.15) is 10.7 Å². The van der Waals surface area contributed by atoms with Gasteiger partial charge in [-0.1, -0.05) is 17.8 Å². The summed E-state index contributed by atoms with van der Waals surface area (Å²) in [7, 11) is 0. The van der Waals surface area contributed by atoms with Crippen LogP contribution in [0.3, 0.4) is 0 Å². The fourth-order valence-electron chi connectivity index (χ4n) is 3.63. The number of nitrogens with zero attached hydrogens (tertiary/aromatic N) is 6. The summed E-state index contributed by atoms with van der Waals surface area (Å²) in [5.74, 6) is 0.592. The molecule has 186 valence electrons. The van der Waals surface area contributed by atoms with E-state index in [0.29, 0.717) is 59.3 Å². The van der Waals surface area contributed by atoms with E-state index in [-0.39, 0.29) is 11.6 Å². The van der Waals surface area contributed by atoms with Gasteiger partial charge in [0.15, 0.2) is 11.0 Å². The average Bonchev–Trinajstić information content (AvgIpc) is 3.55. The number of ether oxygens (including phenoxy) is 1. The molecule has 5 rings (SSSR count). The van der Waals surface area contributed by atoms with Gasteiger partial charge in [0, 0.05) is 36.4 Å². The molecule has 8 nitrogen and oxygen atoms in total. The predicted molar refractivity (Wildman–Crippen MR) is 128 cm³/mol. The molecule has 0 aliphatic carbocycles. The monoisotopic (exact) mass is 532 g/mol. The molecule has 0 radical (unpaired) electrons. The van der Waals surface area contributed by atoms with Crippen molar-refractivity contribution in [2.75, 3.05) is 26.3 Å². The molecular weight excluding hydrogens is 513 g/mol. The maximum Gasteiger partial charge on any atom is 0.416 e. The summed E-state index contributed by atoms with van der Waals surface area (Å²) >= 11 is 2.62. The Bertz CT molecular complexity index is 1350. The lowest BCUT2D eigenvalue weighted by molar-refractivity contribution is -0.137. The smallest absolute Gasteiger partial charge is 0.378 e. The molecule has 1 saturated heterocycles. The molecule has 1 aliphatic rings. The molecule has 1 aromatic carbocycles. The van der Waals surface area contributed by atoms with E-state index in [9.17, 15) is 18.0 Å². The van der Waals surface area contributed by atoms with Crippen LogP contribution in [0.2, 0.25) is 0 Å². The van der Waals surface area contributed by atoms with E-state index in [1.54, 1.807) is 45.4 Å². The second kappa shape index (κ2) is 10.4. The Morgan fingerprint density at radius 3 is 2.72 bits per heavy atom. The van der Waals surface area contributed by atoms with E-state index in [4.69, 9.17) is 4.74 Å². The van der Waals surface area contributed by atoms with Gasteiger partial charge >= 0.3 is 6.18 Å². The van der Waals surface area contributed by atoms with E-state index in [2.05, 4.69) is 20.2 Å². The molecule has 1 amide bonds. The van der Waals surface area contributed by atoms with Crippen LogP contribution in [0, 0.1) is 0 Å². The third-order valence-electron chi connectivity index (χ3n) is 5.38. The standard InChI is InChI=1S/C23H19F3N6O2S2/c24-23(25,26)16-4-1-5-17(11-16)32-20(15-3-2-6-27-12-15)29-30-22(32)36-14-19-28-18(13-35-19)21(33)31-7-9-34-10-8-31/h1-6,11-13H,7-10,14H2. The van der Waals surface area contributed by atoms with Gasteiger partial charge in [0.2, 0.25) is 0 Å². The van der Waals surface area contributed by atoms with Crippen molar-refractivity contribution >= 4 is 29.0 Å². The number of carbonyl (C=O) groups excluding carboxylic acids is 1. The topological polar surface area (TPSA) is 86.0 Å². The van der Waals surface area contributed by atoms with Crippen molar-refractivity contribution in [1.29, 1.82) is 0 Å². The quantitative estimate of drug-likeness (QED) is 0.336. The Morgan fingerprint density at radius 2 is 1.97 bits per heavy atom. The second-order valence-electron chi connectivity index (χ2n) is 7.75. The molecule has 1 fully saturated rings. The van der Waals surface area contributed by atoms with Crippen molar-refractivity contribution in [2.24, 2.45) is 0 Å². The van der Waals surface area contributed by atoms with Gasteiger partial charge < -0.3 is 9.64 Å². The summed E-state index contributed by atoms with van der Waals surface area (Å²) in [5, 5.41) is 11.3. The maximum atomic E-state index is 13.4. The van der Waals surface area contributed by atoms with Crippen LogP contribution in [-0.2, 0) is 16.7 Å². The number of carbonyl (C=O) groups is 1. The minimum atomic E-state index is -4.49. The Morgan fingerprint density at radius 1 is 1.14 bits per heavy atom. The number of amides is 1. The van der Waals surface area contributed by atoms with E-state index in [1.165, 1.54) is 29.2 Å². The van der Waals surface area contributed by atoms with Crippen molar-refractivity contribution in [1.82, 2.24) is 29.6 Å². The number of pyridine rings is 1. The fraction of sp³-hybridized carbons (Fsp3) is 0.261. The molecule has 0 saturated carbocycles. The molecule has 0 bridgehead atoms. The van der Waals surface area contributed by atoms with Crippen molar-refractivity contribution < 1.29 is 22.7 Å². The zero-order valence-corrected chi connectivity index (χ0v) is 20.3. The van der Waals surface area contributed by atoms with Gasteiger partial charge in [-0.15, -0.1) is 21.5 Å². The first-order valence-corrected chi connectivity index (χ1v) is 12.7. The molecule has 4 aromatic rings. The van der Waals surface area contributed by atoms with Gasteiger partial charge in [0.05, 0.1) is 30.2 Å². The van der Waals surface area contributed by atoms with Crippen LogP contribution in [0.4, 0.5) is 13.2 Å². The number of halogens is 3. The van der Waals surface area contributed by atoms with Crippen LogP contribution >= 0.6 is 23.1 Å². The Hall–Kier alpha value is -3.29. The van der Waals surface area contributed by atoms with E-state index in [0.717, 1.165) is 12.1 Å². The van der Waals surface area contributed by atoms with Crippen molar-refractivity contribution in [3.8, 4) is 17.1 Å². The van der Waals surface area contributed by atoms with Crippen LogP contribution in [0.1, 0.15) is 21.1 Å². The van der Waals surface area contributed by atoms with Crippen LogP contribution < -0.4 is 0 Å². The maximum absolute atomic E-state index is 13.4. The normalized spacial score (nSPS) is 14.2. The van der Waals surface area contributed by atoms with Gasteiger partial charge in [-0.2, -0.15) is 13.2 Å². The molecule has 0 spiro atoms. The lowest BCUT2D eigenvalue weighted by Crippen LogP contribution is -2.40. The van der Waals surface area contributed by atoms with Gasteiger partial charge in [0.25, 0.3) is 5.91 Å². The number of thioether (sulfide) groups is 1. The number of hydrogen-bond acceptors (Lipinski definition) is 8. The summed E-state index contributed by atoms with van der Waals surface area (Å²) in [4.78, 5) is 22.9. The highest BCUT2D eigenvalue weighted by Crippen LogP contribution is 2.34. The highest BCUT2D eigenvalue weighted by molar-refractivity contribution is 7.98. The first-order valence-electron chi connectivity index (χ1n) is 10.9. The largest absolute Gasteiger partial charge is 0.416 e. The second-order valence-corrected chi connectivity index (χ2v) is 9.64. The lowest BCUT2D eigenvalue weighted by Gasteiger charge is -2.25. The van der Waals surface area contributed by atoms with Gasteiger partial charge in [-0.05, 0) is 30.3 Å². The third kappa shape index (κ3) is 5.27. The van der Waals surface area contributed by atoms with Crippen LogP contribution in [0.5, 0.6) is 0 Å². The summed E-state index contributed by atoms with van der Waals surface area (Å²) < 4.78 is 47.1. The molecule has 0 unspecified atom stereocenters. The minimum absolute atomic E-state index is 0.142. The number of morpholine rings is 1. The molecular formula is C23H19F3N6O2S2. The summed E-state index contributed by atoms with van der Waals surface area (Å²) in [6.07, 6.45) is -1.31. The molecule has 1 aliphatic heterocycles. The first kappa shape index (κ1) is 24.4. The Labute approximate surface area is 212 Å². The predicted octanol–water partition coefficient (Wildman–Crippen LogP) is 4.57. The van der Waals surface area contributed by atoms with Crippen molar-refractivity contribution in [3.05, 3.63) is 70.4 Å². The molecule has 3 aromatic heterocycles. The zero-order valence-electron chi connectivity index (χ0n) is 18.7. The number of benzene rings is 1. The van der Waals surface area contributed by atoms with E-state index < -0.39 is 11.7 Å². The van der Waals surface area contributed by atoms with Crippen LogP contribution in [0.15, 0.2) is 59.3 Å². The van der Waals surface area contributed by atoms with E-state index >= 15 is 0 Å². The zero-order chi connectivity index (χ0) is 25.1. The van der Waals surface area contributed by atoms with Crippen molar-refractivity contribution in [2.45, 2.75) is 17.1 Å². The molecule has 4 heterocycles. The van der Waals surface area contributed by atoms with E-state index in [1.807, 2.05) is 0 Å². The first-order chi connectivity index (χ1) is 17.4. The average molecular weight is 533 g/mol. The van der Waals surface area contributed by atoms with Crippen molar-refractivity contribution in [3.63, 3.8) is 0 Å². The van der Waals surface area contributed by atoms with Crippen LogP contribution in [-0.4, -0.2) is 61.8 Å². The number of hydrogen-bond donors (Lipinski definition) is 0. The molecule has 36 heavy (non-hydrogen) atoms. The number of rotatable bonds is 6. The minimum Gasteiger partial charge on any atom is -0.378 e. The fourth-order valence-corrected chi connectivity index (χ4v) is 5.37. The SMILES string of the molecule is O=C(c1csc(CSc2nnc(-c3cccnc3)n2-c2cccc(C(F)(F)F)c2)n1)N1CCOCC1. The number of alkyl halides is 3. The molecule has 13 heteroatoms. The molecule has 0 atom stereocenters. The number of aromatic nitrogens is 5.